The first-order valence-electron chi connectivity index (χ1n) is 4.55. The van der Waals surface area contributed by atoms with Gasteiger partial charge < -0.3 is 9.63 Å². The van der Waals surface area contributed by atoms with Crippen LogP contribution in [0, 0.1) is 12.7 Å². The van der Waals surface area contributed by atoms with E-state index in [4.69, 9.17) is 9.63 Å². The Morgan fingerprint density at radius 3 is 2.81 bits per heavy atom. The van der Waals surface area contributed by atoms with Crippen molar-refractivity contribution in [1.29, 1.82) is 0 Å². The second-order valence-corrected chi connectivity index (χ2v) is 3.30. The fourth-order valence-electron chi connectivity index (χ4n) is 1.43. The fourth-order valence-corrected chi connectivity index (χ4v) is 1.43. The van der Waals surface area contributed by atoms with Gasteiger partial charge in [0, 0.05) is 6.07 Å². The number of hydrogen-bond donors (Lipinski definition) is 1. The van der Waals surface area contributed by atoms with Gasteiger partial charge in [-0.2, -0.15) is 0 Å². The first-order valence-corrected chi connectivity index (χ1v) is 4.55. The number of nitrogens with zero attached hydrogens (tertiary/aromatic N) is 1. The smallest absolute Gasteiger partial charge is 0.336 e. The molecular weight excluding hydrogens is 213 g/mol. The first kappa shape index (κ1) is 10.4. The highest BCUT2D eigenvalue weighted by Gasteiger charge is 2.19. The van der Waals surface area contributed by atoms with E-state index >= 15 is 0 Å². The second-order valence-electron chi connectivity index (χ2n) is 3.30. The molecule has 0 aliphatic rings. The van der Waals surface area contributed by atoms with E-state index in [1.54, 1.807) is 6.92 Å². The molecule has 1 heterocycles. The number of aryl methyl sites for hydroxylation is 1. The molecule has 1 N–H and O–H groups in total. The molecule has 82 valence electrons. The van der Waals surface area contributed by atoms with Crippen LogP contribution in [0.5, 0.6) is 0 Å². The molecule has 0 spiro atoms. The SMILES string of the molecule is Cc1cc(-c2c(F)cccc2C(=O)O)on1. The van der Waals surface area contributed by atoms with Gasteiger partial charge in [-0.05, 0) is 19.1 Å². The molecule has 0 atom stereocenters. The first-order chi connectivity index (χ1) is 7.59. The zero-order valence-corrected chi connectivity index (χ0v) is 8.40. The van der Waals surface area contributed by atoms with Crippen molar-refractivity contribution in [2.45, 2.75) is 6.92 Å². The number of carboxylic acid groups (broad SMARTS) is 1. The van der Waals surface area contributed by atoms with E-state index in [0.29, 0.717) is 5.69 Å². The molecule has 2 aromatic rings. The highest BCUT2D eigenvalue weighted by molar-refractivity contribution is 5.95. The molecular formula is C11H8FNO3. The lowest BCUT2D eigenvalue weighted by Gasteiger charge is -2.02. The Morgan fingerprint density at radius 2 is 2.25 bits per heavy atom. The van der Waals surface area contributed by atoms with Crippen LogP contribution in [0.3, 0.4) is 0 Å². The molecule has 0 radical (unpaired) electrons. The minimum Gasteiger partial charge on any atom is -0.478 e. The Balaban J connectivity index is 2.67. The average Bonchev–Trinajstić information content (AvgIpc) is 2.64. The van der Waals surface area contributed by atoms with E-state index in [0.717, 1.165) is 0 Å². The Hall–Kier alpha value is -2.17. The molecule has 0 amide bonds. The predicted octanol–water partition coefficient (Wildman–Crippen LogP) is 2.49. The third kappa shape index (κ3) is 1.67. The van der Waals surface area contributed by atoms with Crippen LogP contribution >= 0.6 is 0 Å². The van der Waals surface area contributed by atoms with Gasteiger partial charge in [0.1, 0.15) is 5.82 Å². The summed E-state index contributed by atoms with van der Waals surface area (Å²) in [7, 11) is 0. The third-order valence-corrected chi connectivity index (χ3v) is 2.12. The number of rotatable bonds is 2. The molecule has 0 unspecified atom stereocenters. The van der Waals surface area contributed by atoms with Crippen LogP contribution < -0.4 is 0 Å². The van der Waals surface area contributed by atoms with Gasteiger partial charge in [0.2, 0.25) is 0 Å². The number of aromatic nitrogens is 1. The number of halogens is 1. The molecule has 0 bridgehead atoms. The quantitative estimate of drug-likeness (QED) is 0.846. The molecule has 0 aliphatic carbocycles. The van der Waals surface area contributed by atoms with E-state index in [2.05, 4.69) is 5.16 Å². The van der Waals surface area contributed by atoms with Gasteiger partial charge in [-0.3, -0.25) is 0 Å². The Bertz CT molecular complexity index is 548. The maximum absolute atomic E-state index is 13.6. The van der Waals surface area contributed by atoms with Crippen LogP contribution in [-0.4, -0.2) is 16.2 Å². The van der Waals surface area contributed by atoms with Gasteiger partial charge in [-0.15, -0.1) is 0 Å². The molecule has 0 saturated carbocycles. The summed E-state index contributed by atoms with van der Waals surface area (Å²) in [5.41, 5.74) is 0.348. The highest BCUT2D eigenvalue weighted by atomic mass is 19.1. The molecule has 1 aromatic heterocycles. The van der Waals surface area contributed by atoms with Crippen molar-refractivity contribution in [3.63, 3.8) is 0 Å². The van der Waals surface area contributed by atoms with E-state index in [9.17, 15) is 9.18 Å². The maximum Gasteiger partial charge on any atom is 0.336 e. The summed E-state index contributed by atoms with van der Waals surface area (Å²) in [6.45, 7) is 1.67. The van der Waals surface area contributed by atoms with Crippen molar-refractivity contribution in [1.82, 2.24) is 5.16 Å². The summed E-state index contributed by atoms with van der Waals surface area (Å²) in [5.74, 6) is -1.73. The van der Waals surface area contributed by atoms with Crippen LogP contribution in [-0.2, 0) is 0 Å². The summed E-state index contributed by atoms with van der Waals surface area (Å²) in [6.07, 6.45) is 0. The molecule has 4 nitrogen and oxygen atoms in total. The standard InChI is InChI=1S/C11H8FNO3/c1-6-5-9(16-13-6)10-7(11(14)15)3-2-4-8(10)12/h2-5H,1H3,(H,14,15). The number of hydrogen-bond acceptors (Lipinski definition) is 3. The lowest BCUT2D eigenvalue weighted by molar-refractivity contribution is 0.0697. The predicted molar refractivity (Wildman–Crippen MR) is 53.6 cm³/mol. The topological polar surface area (TPSA) is 63.3 Å². The van der Waals surface area contributed by atoms with E-state index in [1.165, 1.54) is 24.3 Å². The van der Waals surface area contributed by atoms with Gasteiger partial charge in [-0.1, -0.05) is 11.2 Å². The molecule has 5 heteroatoms. The van der Waals surface area contributed by atoms with Gasteiger partial charge in [0.25, 0.3) is 0 Å². The second kappa shape index (κ2) is 3.77. The average molecular weight is 221 g/mol. The lowest BCUT2D eigenvalue weighted by Crippen LogP contribution is -2.00. The lowest BCUT2D eigenvalue weighted by atomic mass is 10.0. The van der Waals surface area contributed by atoms with E-state index < -0.39 is 11.8 Å². The van der Waals surface area contributed by atoms with Crippen LogP contribution in [0.4, 0.5) is 4.39 Å². The monoisotopic (exact) mass is 221 g/mol. The number of carbonyl (C=O) groups is 1. The highest BCUT2D eigenvalue weighted by Crippen LogP contribution is 2.27. The molecule has 0 aliphatic heterocycles. The van der Waals surface area contributed by atoms with Crippen molar-refractivity contribution >= 4 is 5.97 Å². The Labute approximate surface area is 90.3 Å². The summed E-state index contributed by atoms with van der Waals surface area (Å²) >= 11 is 0. The molecule has 2 rings (SSSR count). The van der Waals surface area contributed by atoms with Gasteiger partial charge >= 0.3 is 5.97 Å². The summed E-state index contributed by atoms with van der Waals surface area (Å²) in [4.78, 5) is 10.9. The maximum atomic E-state index is 13.6. The van der Waals surface area contributed by atoms with Crippen molar-refractivity contribution < 1.29 is 18.8 Å². The number of carboxylic acids is 1. The summed E-state index contributed by atoms with van der Waals surface area (Å²) in [6, 6.07) is 5.33. The van der Waals surface area contributed by atoms with E-state index in [1.807, 2.05) is 0 Å². The zero-order chi connectivity index (χ0) is 11.7. The van der Waals surface area contributed by atoms with E-state index in [-0.39, 0.29) is 16.9 Å². The van der Waals surface area contributed by atoms with Gasteiger partial charge in [0.05, 0.1) is 16.8 Å². The zero-order valence-electron chi connectivity index (χ0n) is 8.40. The Kier molecular flexibility index (Phi) is 2.44. The summed E-state index contributed by atoms with van der Waals surface area (Å²) in [5, 5.41) is 12.5. The van der Waals surface area contributed by atoms with Crippen LogP contribution in [0.1, 0.15) is 16.1 Å². The van der Waals surface area contributed by atoms with Crippen LogP contribution in [0.15, 0.2) is 28.8 Å². The minimum atomic E-state index is -1.21. The molecule has 0 fully saturated rings. The van der Waals surface area contributed by atoms with Crippen LogP contribution in [0.2, 0.25) is 0 Å². The normalized spacial score (nSPS) is 10.4. The van der Waals surface area contributed by atoms with Crippen molar-refractivity contribution in [3.05, 3.63) is 41.3 Å². The number of aromatic carboxylic acids is 1. The van der Waals surface area contributed by atoms with Gasteiger partial charge in [0.15, 0.2) is 5.76 Å². The Morgan fingerprint density at radius 1 is 1.50 bits per heavy atom. The largest absolute Gasteiger partial charge is 0.478 e. The van der Waals surface area contributed by atoms with Gasteiger partial charge in [-0.25, -0.2) is 9.18 Å². The van der Waals surface area contributed by atoms with Crippen molar-refractivity contribution in [3.8, 4) is 11.3 Å². The third-order valence-electron chi connectivity index (χ3n) is 2.12. The minimum absolute atomic E-state index is 0.0735. The summed E-state index contributed by atoms with van der Waals surface area (Å²) < 4.78 is 18.4. The van der Waals surface area contributed by atoms with Crippen LogP contribution in [0.25, 0.3) is 11.3 Å². The fraction of sp³-hybridized carbons (Fsp3) is 0.0909. The molecule has 1 aromatic carbocycles. The number of benzene rings is 1. The molecule has 0 saturated heterocycles. The van der Waals surface area contributed by atoms with Crippen molar-refractivity contribution in [2.75, 3.05) is 0 Å². The van der Waals surface area contributed by atoms with Crippen molar-refractivity contribution in [2.24, 2.45) is 0 Å². The molecule has 16 heavy (non-hydrogen) atoms.